The molecule has 1 spiro atoms. The summed E-state index contributed by atoms with van der Waals surface area (Å²) in [5.74, 6) is 0.859. The van der Waals surface area contributed by atoms with E-state index in [2.05, 4.69) is 12.1 Å². The minimum Gasteiger partial charge on any atom is -0.411 e. The Morgan fingerprint density at radius 2 is 1.95 bits per heavy atom. The number of nitrogens with zero attached hydrogens (tertiary/aromatic N) is 2. The molecule has 4 nitrogen and oxygen atoms in total. The van der Waals surface area contributed by atoms with Crippen molar-refractivity contribution in [2.24, 2.45) is 16.5 Å². The predicted octanol–water partition coefficient (Wildman–Crippen LogP) is 2.80. The van der Waals surface area contributed by atoms with Gasteiger partial charge < -0.3 is 10.1 Å². The Balaban J connectivity index is 1.76. The number of oxime groups is 1. The summed E-state index contributed by atoms with van der Waals surface area (Å²) in [5.41, 5.74) is 0.295. The van der Waals surface area contributed by atoms with Crippen molar-refractivity contribution < 1.29 is 10.0 Å². The molecule has 0 aromatic carbocycles. The first kappa shape index (κ1) is 12.9. The lowest BCUT2D eigenvalue weighted by molar-refractivity contribution is -0.141. The van der Waals surface area contributed by atoms with E-state index in [1.54, 1.807) is 0 Å². The second-order valence-corrected chi connectivity index (χ2v) is 6.55. The standard InChI is InChI=1S/C15H24N2O2/c1-11(12-6-3-2-4-7-12)17-10-13(16-19)15(14(17)18)8-5-9-15/h11-12,19H,2-10H2,1H3/b16-13+. The Morgan fingerprint density at radius 1 is 1.26 bits per heavy atom. The summed E-state index contributed by atoms with van der Waals surface area (Å²) < 4.78 is 0. The Kier molecular flexibility index (Phi) is 3.27. The third-order valence-electron chi connectivity index (χ3n) is 5.69. The fraction of sp³-hybridized carbons (Fsp3) is 0.867. The second kappa shape index (κ2) is 4.80. The molecule has 4 heteroatoms. The number of amides is 1. The van der Waals surface area contributed by atoms with Crippen LogP contribution in [0.5, 0.6) is 0 Å². The van der Waals surface area contributed by atoms with Crippen LogP contribution in [0.25, 0.3) is 0 Å². The molecule has 19 heavy (non-hydrogen) atoms. The number of carbonyl (C=O) groups excluding carboxylic acids is 1. The van der Waals surface area contributed by atoms with Gasteiger partial charge in [-0.2, -0.15) is 0 Å². The van der Waals surface area contributed by atoms with Crippen LogP contribution in [-0.4, -0.2) is 34.3 Å². The summed E-state index contributed by atoms with van der Waals surface area (Å²) in [4.78, 5) is 14.7. The topological polar surface area (TPSA) is 52.9 Å². The van der Waals surface area contributed by atoms with Gasteiger partial charge in [0.05, 0.1) is 17.7 Å². The molecule has 1 atom stereocenters. The molecule has 3 aliphatic rings. The van der Waals surface area contributed by atoms with Crippen molar-refractivity contribution in [3.05, 3.63) is 0 Å². The number of hydrogen-bond donors (Lipinski definition) is 1. The van der Waals surface area contributed by atoms with E-state index in [0.717, 1.165) is 19.3 Å². The van der Waals surface area contributed by atoms with Gasteiger partial charge in [-0.25, -0.2) is 0 Å². The van der Waals surface area contributed by atoms with E-state index in [9.17, 15) is 10.0 Å². The van der Waals surface area contributed by atoms with Crippen molar-refractivity contribution >= 4 is 11.6 Å². The van der Waals surface area contributed by atoms with Gasteiger partial charge in [-0.1, -0.05) is 30.8 Å². The summed E-state index contributed by atoms with van der Waals surface area (Å²) in [6.45, 7) is 2.73. The number of likely N-dealkylation sites (tertiary alicyclic amines) is 1. The molecule has 2 saturated carbocycles. The molecule has 1 aliphatic heterocycles. The zero-order chi connectivity index (χ0) is 13.5. The van der Waals surface area contributed by atoms with Crippen LogP contribution in [0.2, 0.25) is 0 Å². The largest absolute Gasteiger partial charge is 0.411 e. The normalized spacial score (nSPS) is 30.9. The fourth-order valence-electron chi connectivity index (χ4n) is 4.14. The Hall–Kier alpha value is -1.06. The highest BCUT2D eigenvalue weighted by atomic mass is 16.4. The summed E-state index contributed by atoms with van der Waals surface area (Å²) in [5, 5.41) is 12.6. The molecule has 2 aliphatic carbocycles. The second-order valence-electron chi connectivity index (χ2n) is 6.55. The van der Waals surface area contributed by atoms with Crippen LogP contribution in [0.1, 0.15) is 58.3 Å². The predicted molar refractivity (Wildman–Crippen MR) is 73.3 cm³/mol. The van der Waals surface area contributed by atoms with Crippen LogP contribution in [0, 0.1) is 11.3 Å². The third-order valence-corrected chi connectivity index (χ3v) is 5.69. The Labute approximate surface area is 114 Å². The molecular formula is C15H24N2O2. The summed E-state index contributed by atoms with van der Waals surface area (Å²) >= 11 is 0. The van der Waals surface area contributed by atoms with Crippen molar-refractivity contribution in [1.82, 2.24) is 4.90 Å². The SMILES string of the molecule is CC(C1CCCCC1)N1C/C(=N\O)C2(CCC2)C1=O. The van der Waals surface area contributed by atoms with Crippen molar-refractivity contribution in [2.75, 3.05) is 6.54 Å². The lowest BCUT2D eigenvalue weighted by atomic mass is 9.66. The van der Waals surface area contributed by atoms with Crippen molar-refractivity contribution in [1.29, 1.82) is 0 Å². The highest BCUT2D eigenvalue weighted by molar-refractivity contribution is 6.15. The van der Waals surface area contributed by atoms with Gasteiger partial charge in [0.2, 0.25) is 5.91 Å². The van der Waals surface area contributed by atoms with Crippen molar-refractivity contribution in [2.45, 2.75) is 64.3 Å². The molecule has 0 bridgehead atoms. The molecule has 1 amide bonds. The van der Waals surface area contributed by atoms with E-state index in [0.29, 0.717) is 24.2 Å². The van der Waals surface area contributed by atoms with Crippen LogP contribution in [0.4, 0.5) is 0 Å². The van der Waals surface area contributed by atoms with Gasteiger partial charge in [-0.15, -0.1) is 0 Å². The number of rotatable bonds is 2. The van der Waals surface area contributed by atoms with Gasteiger partial charge >= 0.3 is 0 Å². The summed E-state index contributed by atoms with van der Waals surface area (Å²) in [6.07, 6.45) is 9.23. The molecule has 0 radical (unpaired) electrons. The minimum absolute atomic E-state index is 0.227. The zero-order valence-corrected chi connectivity index (χ0v) is 11.8. The average Bonchev–Trinajstić information content (AvgIpc) is 2.71. The zero-order valence-electron chi connectivity index (χ0n) is 11.8. The van der Waals surface area contributed by atoms with E-state index in [-0.39, 0.29) is 5.91 Å². The van der Waals surface area contributed by atoms with Crippen LogP contribution in [-0.2, 0) is 4.79 Å². The number of carbonyl (C=O) groups is 1. The first-order valence-electron chi connectivity index (χ1n) is 7.71. The van der Waals surface area contributed by atoms with Gasteiger partial charge in [0, 0.05) is 6.04 Å². The maximum Gasteiger partial charge on any atom is 0.235 e. The van der Waals surface area contributed by atoms with Gasteiger partial charge in [-0.05, 0) is 38.5 Å². The third kappa shape index (κ3) is 1.87. The number of hydrogen-bond acceptors (Lipinski definition) is 3. The highest BCUT2D eigenvalue weighted by Gasteiger charge is 2.57. The van der Waals surface area contributed by atoms with Gasteiger partial charge in [0.25, 0.3) is 0 Å². The molecule has 106 valence electrons. The average molecular weight is 264 g/mol. The smallest absolute Gasteiger partial charge is 0.235 e. The molecule has 1 heterocycles. The van der Waals surface area contributed by atoms with Crippen molar-refractivity contribution in [3.63, 3.8) is 0 Å². The van der Waals surface area contributed by atoms with Gasteiger partial charge in [0.1, 0.15) is 0 Å². The minimum atomic E-state index is -0.419. The first-order chi connectivity index (χ1) is 9.19. The lowest BCUT2D eigenvalue weighted by Gasteiger charge is -2.38. The van der Waals surface area contributed by atoms with Gasteiger partial charge in [-0.3, -0.25) is 4.79 Å². The Bertz CT molecular complexity index is 395. The van der Waals surface area contributed by atoms with E-state index >= 15 is 0 Å². The fourth-order valence-corrected chi connectivity index (χ4v) is 4.14. The van der Waals surface area contributed by atoms with Crippen LogP contribution in [0.3, 0.4) is 0 Å². The monoisotopic (exact) mass is 264 g/mol. The molecule has 3 fully saturated rings. The highest BCUT2D eigenvalue weighted by Crippen LogP contribution is 2.48. The van der Waals surface area contributed by atoms with E-state index < -0.39 is 5.41 Å². The van der Waals surface area contributed by atoms with Crippen molar-refractivity contribution in [3.8, 4) is 0 Å². The van der Waals surface area contributed by atoms with Gasteiger partial charge in [0.15, 0.2) is 0 Å². The molecule has 0 aromatic rings. The van der Waals surface area contributed by atoms with E-state index in [1.807, 2.05) is 4.90 Å². The molecular weight excluding hydrogens is 240 g/mol. The van der Waals surface area contributed by atoms with E-state index in [1.165, 1.54) is 32.1 Å². The van der Waals surface area contributed by atoms with E-state index in [4.69, 9.17) is 0 Å². The summed E-state index contributed by atoms with van der Waals surface area (Å²) in [6, 6.07) is 0.296. The summed E-state index contributed by atoms with van der Waals surface area (Å²) in [7, 11) is 0. The molecule has 1 unspecified atom stereocenters. The molecule has 0 aromatic heterocycles. The quantitative estimate of drug-likeness (QED) is 0.616. The lowest BCUT2D eigenvalue weighted by Crippen LogP contribution is -2.46. The molecule has 3 rings (SSSR count). The Morgan fingerprint density at radius 3 is 2.42 bits per heavy atom. The van der Waals surface area contributed by atoms with Crippen LogP contribution >= 0.6 is 0 Å². The first-order valence-corrected chi connectivity index (χ1v) is 7.71. The van der Waals surface area contributed by atoms with Crippen LogP contribution < -0.4 is 0 Å². The molecule has 1 N–H and O–H groups in total. The molecule has 1 saturated heterocycles. The maximum absolute atomic E-state index is 12.7. The van der Waals surface area contributed by atoms with Crippen LogP contribution in [0.15, 0.2) is 5.16 Å². The maximum atomic E-state index is 12.7.